The lowest BCUT2D eigenvalue weighted by atomic mass is 10.0. The van der Waals surface area contributed by atoms with E-state index >= 15 is 0 Å². The molecule has 2 heterocycles. The second kappa shape index (κ2) is 9.15. The number of hydrogen-bond donors (Lipinski definition) is 1. The van der Waals surface area contributed by atoms with Crippen LogP contribution in [0.15, 0.2) is 90.3 Å². The SMILES string of the molecule is CNC(=O)C[n+]1c(C=C(C)C=C2Oc3ccc(-c4ccccc4)cc3N2C)sc2ccccc21. The van der Waals surface area contributed by atoms with Crippen molar-refractivity contribution >= 4 is 39.2 Å². The van der Waals surface area contributed by atoms with Gasteiger partial charge in [0.05, 0.1) is 5.69 Å². The van der Waals surface area contributed by atoms with E-state index in [-0.39, 0.29) is 12.5 Å². The largest absolute Gasteiger partial charge is 0.439 e. The van der Waals surface area contributed by atoms with E-state index in [2.05, 4.69) is 64.2 Å². The number of nitrogens with one attached hydrogen (secondary N) is 1. The number of aromatic nitrogens is 1. The number of hydrogen-bond acceptors (Lipinski definition) is 4. The van der Waals surface area contributed by atoms with Gasteiger partial charge >= 0.3 is 0 Å². The molecule has 0 saturated heterocycles. The Morgan fingerprint density at radius 1 is 1.06 bits per heavy atom. The normalized spacial score (nSPS) is 14.4. The van der Waals surface area contributed by atoms with Crippen LogP contribution < -0.4 is 19.5 Å². The lowest BCUT2D eigenvalue weighted by Gasteiger charge is -2.12. The molecule has 1 amide bonds. The Kier molecular flexibility index (Phi) is 5.90. The number of para-hydroxylation sites is 1. The molecule has 3 aromatic carbocycles. The molecule has 5 nitrogen and oxygen atoms in total. The van der Waals surface area contributed by atoms with Crippen molar-refractivity contribution in [1.82, 2.24) is 5.32 Å². The molecule has 5 rings (SSSR count). The quantitative estimate of drug-likeness (QED) is 0.400. The first-order valence-electron chi connectivity index (χ1n) is 11.2. The third-order valence-electron chi connectivity index (χ3n) is 5.89. The number of thiazole rings is 1. The molecule has 0 spiro atoms. The van der Waals surface area contributed by atoms with Gasteiger partial charge in [-0.15, -0.1) is 0 Å². The number of carbonyl (C=O) groups excluding carboxylic acids is 1. The van der Waals surface area contributed by atoms with Crippen LogP contribution in [0.25, 0.3) is 27.4 Å². The standard InChI is InChI=1S/C28H25N3O2S/c1-19(16-28-31(18-26(32)29-2)22-11-7-8-12-25(22)34-28)15-27-30(3)23-17-21(13-14-24(23)33-27)20-9-5-4-6-10-20/h4-17H,18H2,1-3H3/p+1. The highest BCUT2D eigenvalue weighted by atomic mass is 32.1. The van der Waals surface area contributed by atoms with Crippen LogP contribution >= 0.6 is 11.3 Å². The summed E-state index contributed by atoms with van der Waals surface area (Å²) in [7, 11) is 3.68. The van der Waals surface area contributed by atoms with Gasteiger partial charge in [0, 0.05) is 32.3 Å². The summed E-state index contributed by atoms with van der Waals surface area (Å²) < 4.78 is 9.37. The fraction of sp³-hybridized carbons (Fsp3) is 0.143. The molecule has 34 heavy (non-hydrogen) atoms. The summed E-state index contributed by atoms with van der Waals surface area (Å²) in [5.41, 5.74) is 5.46. The van der Waals surface area contributed by atoms with Gasteiger partial charge in [0.1, 0.15) is 4.70 Å². The van der Waals surface area contributed by atoms with E-state index in [4.69, 9.17) is 4.74 Å². The molecule has 0 aliphatic carbocycles. The number of rotatable bonds is 5. The maximum absolute atomic E-state index is 12.2. The van der Waals surface area contributed by atoms with E-state index in [1.165, 1.54) is 5.56 Å². The van der Waals surface area contributed by atoms with Gasteiger partial charge in [-0.1, -0.05) is 59.9 Å². The smallest absolute Gasteiger partial charge is 0.285 e. The number of amides is 1. The Labute approximate surface area is 203 Å². The highest BCUT2D eigenvalue weighted by Gasteiger charge is 2.25. The van der Waals surface area contributed by atoms with Crippen molar-refractivity contribution in [3.8, 4) is 16.9 Å². The molecule has 1 aliphatic rings. The van der Waals surface area contributed by atoms with Crippen molar-refractivity contribution in [2.24, 2.45) is 0 Å². The number of allylic oxidation sites excluding steroid dienone is 2. The minimum atomic E-state index is -0.0252. The molecule has 1 N–H and O–H groups in total. The highest BCUT2D eigenvalue weighted by molar-refractivity contribution is 7.18. The number of likely N-dealkylation sites (N-methyl/N-ethyl adjacent to an activating group) is 1. The first kappa shape index (κ1) is 21.9. The number of benzene rings is 3. The number of carbonyl (C=O) groups is 1. The van der Waals surface area contributed by atoms with E-state index in [0.717, 1.165) is 43.7 Å². The molecule has 1 aliphatic heterocycles. The van der Waals surface area contributed by atoms with Crippen LogP contribution in [0.4, 0.5) is 5.69 Å². The van der Waals surface area contributed by atoms with Crippen LogP contribution in [0.3, 0.4) is 0 Å². The van der Waals surface area contributed by atoms with Gasteiger partial charge in [0.2, 0.25) is 17.9 Å². The average molecular weight is 469 g/mol. The summed E-state index contributed by atoms with van der Waals surface area (Å²) in [5.74, 6) is 1.59. The fourth-order valence-corrected chi connectivity index (χ4v) is 5.25. The molecule has 0 fully saturated rings. The Bertz CT molecular complexity index is 1440. The Hall–Kier alpha value is -3.90. The van der Waals surface area contributed by atoms with Gasteiger partial charge in [-0.05, 0) is 41.8 Å². The van der Waals surface area contributed by atoms with E-state index in [1.807, 2.05) is 49.5 Å². The van der Waals surface area contributed by atoms with Crippen molar-refractivity contribution in [1.29, 1.82) is 0 Å². The van der Waals surface area contributed by atoms with Crippen molar-refractivity contribution in [2.75, 3.05) is 19.0 Å². The Balaban J connectivity index is 1.46. The lowest BCUT2D eigenvalue weighted by molar-refractivity contribution is -0.655. The molecule has 6 heteroatoms. The summed E-state index contributed by atoms with van der Waals surface area (Å²) in [5, 5.41) is 3.74. The zero-order valence-corrected chi connectivity index (χ0v) is 20.2. The Morgan fingerprint density at radius 2 is 1.82 bits per heavy atom. The second-order valence-corrected chi connectivity index (χ2v) is 9.31. The molecule has 0 unspecified atom stereocenters. The van der Waals surface area contributed by atoms with Crippen LogP contribution in [0.1, 0.15) is 11.9 Å². The van der Waals surface area contributed by atoms with Gasteiger partial charge in [0.25, 0.3) is 10.9 Å². The van der Waals surface area contributed by atoms with Crippen LogP contribution in [0.5, 0.6) is 5.75 Å². The van der Waals surface area contributed by atoms with Crippen LogP contribution in [0.2, 0.25) is 0 Å². The highest BCUT2D eigenvalue weighted by Crippen LogP contribution is 2.41. The maximum Gasteiger partial charge on any atom is 0.285 e. The van der Waals surface area contributed by atoms with Crippen molar-refractivity contribution < 1.29 is 14.1 Å². The van der Waals surface area contributed by atoms with Gasteiger partial charge < -0.3 is 15.0 Å². The molecular weight excluding hydrogens is 442 g/mol. The molecule has 1 aromatic heterocycles. The third kappa shape index (κ3) is 4.20. The summed E-state index contributed by atoms with van der Waals surface area (Å²) >= 11 is 1.67. The Morgan fingerprint density at radius 3 is 2.62 bits per heavy atom. The van der Waals surface area contributed by atoms with Gasteiger partial charge in [-0.25, -0.2) is 0 Å². The van der Waals surface area contributed by atoms with Crippen molar-refractivity contribution in [2.45, 2.75) is 13.5 Å². The van der Waals surface area contributed by atoms with Gasteiger partial charge in [0.15, 0.2) is 5.75 Å². The van der Waals surface area contributed by atoms with Crippen molar-refractivity contribution in [3.63, 3.8) is 0 Å². The molecule has 4 aromatic rings. The predicted octanol–water partition coefficient (Wildman–Crippen LogP) is 5.38. The minimum absolute atomic E-state index is 0.0252. The van der Waals surface area contributed by atoms with Crippen LogP contribution in [-0.2, 0) is 11.3 Å². The first-order chi connectivity index (χ1) is 16.5. The van der Waals surface area contributed by atoms with E-state index in [0.29, 0.717) is 0 Å². The van der Waals surface area contributed by atoms with Crippen molar-refractivity contribution in [3.05, 3.63) is 95.3 Å². The second-order valence-electron chi connectivity index (χ2n) is 8.25. The van der Waals surface area contributed by atoms with Gasteiger partial charge in [-0.2, -0.15) is 4.57 Å². The zero-order chi connectivity index (χ0) is 23.7. The lowest BCUT2D eigenvalue weighted by Crippen LogP contribution is -2.42. The monoisotopic (exact) mass is 468 g/mol. The maximum atomic E-state index is 12.2. The number of nitrogens with zero attached hydrogens (tertiary/aromatic N) is 2. The number of fused-ring (bicyclic) bond motifs is 2. The van der Waals surface area contributed by atoms with Gasteiger partial charge in [-0.3, -0.25) is 4.79 Å². The summed E-state index contributed by atoms with van der Waals surface area (Å²) in [4.78, 5) is 14.2. The zero-order valence-electron chi connectivity index (χ0n) is 19.4. The first-order valence-corrected chi connectivity index (χ1v) is 12.0. The third-order valence-corrected chi connectivity index (χ3v) is 7.00. The number of ether oxygens (including phenoxy) is 1. The minimum Gasteiger partial charge on any atom is -0.439 e. The average Bonchev–Trinajstić information content (AvgIpc) is 3.36. The van der Waals surface area contributed by atoms with E-state index < -0.39 is 0 Å². The van der Waals surface area contributed by atoms with Crippen LogP contribution in [0, 0.1) is 0 Å². The molecule has 0 radical (unpaired) electrons. The molecular formula is C28H26N3O2S+. The summed E-state index contributed by atoms with van der Waals surface area (Å²) in [6.45, 7) is 2.33. The topological polar surface area (TPSA) is 45.5 Å². The predicted molar refractivity (Wildman–Crippen MR) is 139 cm³/mol. The summed E-state index contributed by atoms with van der Waals surface area (Å²) in [6.07, 6.45) is 4.15. The molecule has 0 atom stereocenters. The molecule has 0 saturated carbocycles. The summed E-state index contributed by atoms with van der Waals surface area (Å²) in [6, 6.07) is 24.8. The molecule has 170 valence electrons. The van der Waals surface area contributed by atoms with E-state index in [1.54, 1.807) is 18.4 Å². The molecule has 0 bridgehead atoms. The number of anilines is 1. The van der Waals surface area contributed by atoms with E-state index in [9.17, 15) is 4.79 Å². The van der Waals surface area contributed by atoms with Crippen LogP contribution in [-0.4, -0.2) is 20.0 Å². The fourth-order valence-electron chi connectivity index (χ4n) is 4.08.